The van der Waals surface area contributed by atoms with Gasteiger partial charge in [0.05, 0.1) is 24.0 Å². The van der Waals surface area contributed by atoms with Crippen LogP contribution in [0.25, 0.3) is 0 Å². The normalized spacial score (nSPS) is 19.6. The molecule has 0 saturated carbocycles. The maximum absolute atomic E-state index is 9.05. The number of aryl methyl sites for hydroxylation is 1. The van der Waals surface area contributed by atoms with Gasteiger partial charge in [-0.15, -0.1) is 0 Å². The van der Waals surface area contributed by atoms with Crippen LogP contribution in [0.15, 0.2) is 18.2 Å². The van der Waals surface area contributed by atoms with Crippen molar-refractivity contribution in [2.24, 2.45) is 0 Å². The predicted octanol–water partition coefficient (Wildman–Crippen LogP) is 1.27. The Morgan fingerprint density at radius 2 is 2.47 bits per heavy atom. The maximum atomic E-state index is 9.05. The SMILES string of the molecule is Cc1cccc(C#N)c1NCC1CNCCO1. The highest BCUT2D eigenvalue weighted by atomic mass is 16.5. The number of hydrogen-bond donors (Lipinski definition) is 2. The number of hydrogen-bond acceptors (Lipinski definition) is 4. The Balaban J connectivity index is 2.00. The summed E-state index contributed by atoms with van der Waals surface area (Å²) in [5.74, 6) is 0. The number of rotatable bonds is 3. The number of para-hydroxylation sites is 1. The van der Waals surface area contributed by atoms with Gasteiger partial charge in [-0.25, -0.2) is 0 Å². The van der Waals surface area contributed by atoms with Crippen LogP contribution in [0.3, 0.4) is 0 Å². The van der Waals surface area contributed by atoms with Gasteiger partial charge in [-0.2, -0.15) is 5.26 Å². The molecule has 4 nitrogen and oxygen atoms in total. The molecule has 1 heterocycles. The Kier molecular flexibility index (Phi) is 3.97. The van der Waals surface area contributed by atoms with Crippen LogP contribution < -0.4 is 10.6 Å². The molecule has 1 aliphatic rings. The van der Waals surface area contributed by atoms with Crippen molar-refractivity contribution < 1.29 is 4.74 Å². The lowest BCUT2D eigenvalue weighted by molar-refractivity contribution is 0.0372. The van der Waals surface area contributed by atoms with Crippen LogP contribution in [-0.4, -0.2) is 32.3 Å². The van der Waals surface area contributed by atoms with E-state index in [1.807, 2.05) is 25.1 Å². The van der Waals surface area contributed by atoms with Gasteiger partial charge in [-0.1, -0.05) is 12.1 Å². The van der Waals surface area contributed by atoms with Gasteiger partial charge in [0.2, 0.25) is 0 Å². The molecule has 0 aromatic heterocycles. The van der Waals surface area contributed by atoms with Crippen LogP contribution in [0, 0.1) is 18.3 Å². The molecule has 1 aliphatic heterocycles. The molecule has 90 valence electrons. The minimum Gasteiger partial charge on any atom is -0.381 e. The van der Waals surface area contributed by atoms with Crippen molar-refractivity contribution >= 4 is 5.69 Å². The fraction of sp³-hybridized carbons (Fsp3) is 0.462. The highest BCUT2D eigenvalue weighted by molar-refractivity contribution is 5.62. The number of nitriles is 1. The number of benzene rings is 1. The van der Waals surface area contributed by atoms with Crippen molar-refractivity contribution in [3.8, 4) is 6.07 Å². The van der Waals surface area contributed by atoms with Gasteiger partial charge < -0.3 is 15.4 Å². The monoisotopic (exact) mass is 231 g/mol. The number of morpholine rings is 1. The standard InChI is InChI=1S/C13H17N3O/c1-10-3-2-4-11(7-14)13(10)16-9-12-8-15-5-6-17-12/h2-4,12,15-16H,5-6,8-9H2,1H3. The quantitative estimate of drug-likeness (QED) is 0.822. The number of ether oxygens (including phenoxy) is 1. The first-order chi connectivity index (χ1) is 8.31. The van der Waals surface area contributed by atoms with E-state index < -0.39 is 0 Å². The summed E-state index contributed by atoms with van der Waals surface area (Å²) in [6.07, 6.45) is 0.176. The largest absolute Gasteiger partial charge is 0.381 e. The molecule has 0 spiro atoms. The van der Waals surface area contributed by atoms with Crippen LogP contribution in [0.5, 0.6) is 0 Å². The molecule has 0 aliphatic carbocycles. The van der Waals surface area contributed by atoms with Gasteiger partial charge in [0.15, 0.2) is 0 Å². The van der Waals surface area contributed by atoms with E-state index in [0.29, 0.717) is 5.56 Å². The summed E-state index contributed by atoms with van der Waals surface area (Å²) < 4.78 is 5.61. The number of nitrogens with one attached hydrogen (secondary N) is 2. The highest BCUT2D eigenvalue weighted by Crippen LogP contribution is 2.19. The summed E-state index contributed by atoms with van der Waals surface area (Å²) >= 11 is 0. The maximum Gasteiger partial charge on any atom is 0.101 e. The molecule has 0 radical (unpaired) electrons. The van der Waals surface area contributed by atoms with Crippen molar-refractivity contribution in [2.75, 3.05) is 31.6 Å². The van der Waals surface area contributed by atoms with E-state index in [9.17, 15) is 0 Å². The smallest absolute Gasteiger partial charge is 0.101 e. The molecule has 1 aromatic carbocycles. The van der Waals surface area contributed by atoms with Crippen molar-refractivity contribution in [2.45, 2.75) is 13.0 Å². The summed E-state index contributed by atoms with van der Waals surface area (Å²) in [6, 6.07) is 7.94. The topological polar surface area (TPSA) is 57.1 Å². The second-order valence-electron chi connectivity index (χ2n) is 4.19. The molecular formula is C13H17N3O. The number of nitrogens with zero attached hydrogens (tertiary/aromatic N) is 1. The van der Waals surface area contributed by atoms with Gasteiger partial charge in [0, 0.05) is 19.6 Å². The van der Waals surface area contributed by atoms with Crippen LogP contribution in [0.4, 0.5) is 5.69 Å². The van der Waals surface area contributed by atoms with Crippen LogP contribution in [-0.2, 0) is 4.74 Å². The Bertz CT molecular complexity index is 419. The molecule has 0 bridgehead atoms. The van der Waals surface area contributed by atoms with Crippen molar-refractivity contribution in [1.29, 1.82) is 5.26 Å². The highest BCUT2D eigenvalue weighted by Gasteiger charge is 2.14. The van der Waals surface area contributed by atoms with E-state index in [4.69, 9.17) is 10.00 Å². The van der Waals surface area contributed by atoms with Gasteiger partial charge in [0.25, 0.3) is 0 Å². The van der Waals surface area contributed by atoms with Gasteiger partial charge >= 0.3 is 0 Å². The fourth-order valence-corrected chi connectivity index (χ4v) is 1.96. The van der Waals surface area contributed by atoms with E-state index in [1.165, 1.54) is 0 Å². The zero-order valence-corrected chi connectivity index (χ0v) is 9.99. The van der Waals surface area contributed by atoms with Gasteiger partial charge in [-0.3, -0.25) is 0 Å². The van der Waals surface area contributed by atoms with E-state index in [2.05, 4.69) is 16.7 Å². The minimum absolute atomic E-state index is 0.176. The molecule has 1 unspecified atom stereocenters. The summed E-state index contributed by atoms with van der Waals surface area (Å²) in [7, 11) is 0. The lowest BCUT2D eigenvalue weighted by Gasteiger charge is -2.24. The molecule has 2 N–H and O–H groups in total. The zero-order chi connectivity index (χ0) is 12.1. The zero-order valence-electron chi connectivity index (χ0n) is 9.99. The summed E-state index contributed by atoms with van der Waals surface area (Å²) in [5.41, 5.74) is 2.70. The Morgan fingerprint density at radius 3 is 3.18 bits per heavy atom. The van der Waals surface area contributed by atoms with Crippen molar-refractivity contribution in [1.82, 2.24) is 5.32 Å². The first kappa shape index (κ1) is 11.9. The van der Waals surface area contributed by atoms with Crippen molar-refractivity contribution in [3.05, 3.63) is 29.3 Å². The van der Waals surface area contributed by atoms with E-state index >= 15 is 0 Å². The van der Waals surface area contributed by atoms with Crippen molar-refractivity contribution in [3.63, 3.8) is 0 Å². The Hall–Kier alpha value is -1.57. The van der Waals surface area contributed by atoms with Crippen LogP contribution in [0.2, 0.25) is 0 Å². The molecule has 2 rings (SSSR count). The molecule has 1 aromatic rings. The van der Waals surface area contributed by atoms with Crippen LogP contribution >= 0.6 is 0 Å². The van der Waals surface area contributed by atoms with E-state index in [1.54, 1.807) is 0 Å². The Morgan fingerprint density at radius 1 is 1.59 bits per heavy atom. The Labute approximate surface area is 102 Å². The molecule has 4 heteroatoms. The predicted molar refractivity (Wildman–Crippen MR) is 67.0 cm³/mol. The minimum atomic E-state index is 0.176. The first-order valence-corrected chi connectivity index (χ1v) is 5.87. The fourth-order valence-electron chi connectivity index (χ4n) is 1.96. The summed E-state index contributed by atoms with van der Waals surface area (Å²) in [6.45, 7) is 5.27. The van der Waals surface area contributed by atoms with Crippen LogP contribution in [0.1, 0.15) is 11.1 Å². The third kappa shape index (κ3) is 2.96. The molecular weight excluding hydrogens is 214 g/mol. The number of anilines is 1. The average Bonchev–Trinajstić information content (AvgIpc) is 2.38. The third-order valence-electron chi connectivity index (χ3n) is 2.90. The van der Waals surface area contributed by atoms with Gasteiger partial charge in [-0.05, 0) is 18.6 Å². The summed E-state index contributed by atoms with van der Waals surface area (Å²) in [5, 5.41) is 15.6. The summed E-state index contributed by atoms with van der Waals surface area (Å²) in [4.78, 5) is 0. The molecule has 17 heavy (non-hydrogen) atoms. The molecule has 0 amide bonds. The molecule has 1 atom stereocenters. The average molecular weight is 231 g/mol. The molecule has 1 fully saturated rings. The van der Waals surface area contributed by atoms with E-state index in [-0.39, 0.29) is 6.10 Å². The van der Waals surface area contributed by atoms with Gasteiger partial charge in [0.1, 0.15) is 6.07 Å². The lowest BCUT2D eigenvalue weighted by atomic mass is 10.1. The van der Waals surface area contributed by atoms with E-state index in [0.717, 1.165) is 37.5 Å². The molecule has 1 saturated heterocycles. The second-order valence-corrected chi connectivity index (χ2v) is 4.19. The second kappa shape index (κ2) is 5.67. The third-order valence-corrected chi connectivity index (χ3v) is 2.90. The first-order valence-electron chi connectivity index (χ1n) is 5.87. The lowest BCUT2D eigenvalue weighted by Crippen LogP contribution is -2.42.